The Kier molecular flexibility index (Phi) is 13.9. The normalized spacial score (nSPS) is 21.3. The standard InChI is InChI=1S/C15H20O3.C10H9ClO.C5H12O2/c1-11(2)17-8-9-18-15(16)14-10-13(14)12-6-4-3-5-7-12;11-10(12)9-6-8(9)7-4-2-1-3-5-7;1-5(2)7-4-3-6/h3-7,11,13-14H,8-10H2,1-2H3;1-5,8-9H,6H2;5-6H,3-4H2,1-2H3/t13-,14+;8-,9+;/m00./s1. The molecule has 2 aromatic rings. The van der Waals surface area contributed by atoms with Gasteiger partial charge in [0.15, 0.2) is 0 Å². The number of carbonyl (C=O) groups excluding carboxylic acids is 2. The van der Waals surface area contributed by atoms with Crippen molar-refractivity contribution in [2.75, 3.05) is 26.4 Å². The molecule has 2 aliphatic rings. The summed E-state index contributed by atoms with van der Waals surface area (Å²) in [4.78, 5) is 22.5. The van der Waals surface area contributed by atoms with Gasteiger partial charge in [-0.05, 0) is 75.1 Å². The number of halogens is 1. The van der Waals surface area contributed by atoms with Gasteiger partial charge in [-0.1, -0.05) is 60.7 Å². The lowest BCUT2D eigenvalue weighted by Gasteiger charge is -2.08. The number of esters is 1. The molecule has 0 bridgehead atoms. The van der Waals surface area contributed by atoms with Crippen LogP contribution in [0.1, 0.15) is 63.5 Å². The first-order valence-corrected chi connectivity index (χ1v) is 13.4. The van der Waals surface area contributed by atoms with E-state index in [-0.39, 0.29) is 41.9 Å². The first-order chi connectivity index (χ1) is 17.7. The highest BCUT2D eigenvalue weighted by molar-refractivity contribution is 6.64. The Morgan fingerprint density at radius 3 is 1.65 bits per heavy atom. The quantitative estimate of drug-likeness (QED) is 0.226. The van der Waals surface area contributed by atoms with Gasteiger partial charge in [-0.3, -0.25) is 9.59 Å². The lowest BCUT2D eigenvalue weighted by Crippen LogP contribution is -2.14. The average Bonchev–Trinajstić information content (AvgIpc) is 3.81. The van der Waals surface area contributed by atoms with Crippen molar-refractivity contribution in [1.82, 2.24) is 0 Å². The number of hydrogen-bond acceptors (Lipinski definition) is 6. The molecule has 1 N–H and O–H groups in total. The van der Waals surface area contributed by atoms with Gasteiger partial charge < -0.3 is 19.3 Å². The molecule has 7 heteroatoms. The number of rotatable bonds is 11. The monoisotopic (exact) mass is 532 g/mol. The second-order valence-electron chi connectivity index (χ2n) is 9.75. The maximum atomic E-state index is 11.8. The Morgan fingerprint density at radius 1 is 0.784 bits per heavy atom. The fraction of sp³-hybridized carbons (Fsp3) is 0.533. The second-order valence-corrected chi connectivity index (χ2v) is 10.1. The van der Waals surface area contributed by atoms with Crippen LogP contribution >= 0.6 is 11.6 Å². The number of aliphatic hydroxyl groups is 1. The molecule has 204 valence electrons. The van der Waals surface area contributed by atoms with Crippen LogP contribution in [0.4, 0.5) is 0 Å². The summed E-state index contributed by atoms with van der Waals surface area (Å²) >= 11 is 5.38. The van der Waals surface area contributed by atoms with Gasteiger partial charge in [0, 0.05) is 5.92 Å². The summed E-state index contributed by atoms with van der Waals surface area (Å²) in [6, 6.07) is 20.2. The molecule has 2 saturated carbocycles. The highest BCUT2D eigenvalue weighted by Crippen LogP contribution is 2.49. The summed E-state index contributed by atoms with van der Waals surface area (Å²) in [5.74, 6) is 0.776. The van der Waals surface area contributed by atoms with Crippen molar-refractivity contribution in [1.29, 1.82) is 0 Å². The maximum absolute atomic E-state index is 11.8. The van der Waals surface area contributed by atoms with Crippen LogP contribution in [0.15, 0.2) is 60.7 Å². The lowest BCUT2D eigenvalue weighted by molar-refractivity contribution is -0.147. The summed E-state index contributed by atoms with van der Waals surface area (Å²) in [5.41, 5.74) is 2.47. The molecule has 4 atom stereocenters. The summed E-state index contributed by atoms with van der Waals surface area (Å²) in [5, 5.41) is 8.00. The van der Waals surface area contributed by atoms with Crippen molar-refractivity contribution in [3.63, 3.8) is 0 Å². The number of benzene rings is 2. The van der Waals surface area contributed by atoms with Gasteiger partial charge in [0.1, 0.15) is 6.61 Å². The smallest absolute Gasteiger partial charge is 0.309 e. The predicted molar refractivity (Wildman–Crippen MR) is 146 cm³/mol. The zero-order chi connectivity index (χ0) is 27.2. The summed E-state index contributed by atoms with van der Waals surface area (Å²) in [6.07, 6.45) is 2.26. The van der Waals surface area contributed by atoms with Crippen LogP contribution in [0.2, 0.25) is 0 Å². The van der Waals surface area contributed by atoms with E-state index >= 15 is 0 Å². The van der Waals surface area contributed by atoms with Gasteiger partial charge in [0.05, 0.1) is 37.9 Å². The molecular weight excluding hydrogens is 492 g/mol. The molecule has 2 aromatic carbocycles. The SMILES string of the molecule is CC(C)OCCO.CC(C)OCCOC(=O)[C@@H]1C[C@H]1c1ccccc1.O=C(Cl)[C@@H]1C[C@H]1c1ccccc1. The lowest BCUT2D eigenvalue weighted by atomic mass is 10.1. The van der Waals surface area contributed by atoms with Crippen molar-refractivity contribution in [2.24, 2.45) is 11.8 Å². The maximum Gasteiger partial charge on any atom is 0.309 e. The highest BCUT2D eigenvalue weighted by Gasteiger charge is 2.45. The molecule has 0 unspecified atom stereocenters. The molecular formula is C30H41ClO6. The van der Waals surface area contributed by atoms with Gasteiger partial charge in [-0.2, -0.15) is 0 Å². The molecule has 0 spiro atoms. The summed E-state index contributed by atoms with van der Waals surface area (Å²) in [7, 11) is 0. The molecule has 0 heterocycles. The Morgan fingerprint density at radius 2 is 1.24 bits per heavy atom. The van der Waals surface area contributed by atoms with E-state index in [4.69, 9.17) is 30.9 Å². The zero-order valence-electron chi connectivity index (χ0n) is 22.3. The number of aliphatic hydroxyl groups excluding tert-OH is 1. The Balaban J connectivity index is 0.000000218. The molecule has 0 saturated heterocycles. The molecule has 2 aliphatic carbocycles. The van der Waals surface area contributed by atoms with E-state index in [1.165, 1.54) is 11.1 Å². The van der Waals surface area contributed by atoms with Gasteiger partial charge in [-0.15, -0.1) is 0 Å². The summed E-state index contributed by atoms with van der Waals surface area (Å²) < 4.78 is 15.5. The summed E-state index contributed by atoms with van der Waals surface area (Å²) in [6.45, 7) is 9.23. The minimum atomic E-state index is -0.191. The predicted octanol–water partition coefficient (Wildman–Crippen LogP) is 5.72. The van der Waals surface area contributed by atoms with Gasteiger partial charge in [0.25, 0.3) is 0 Å². The molecule has 4 rings (SSSR count). The third-order valence-electron chi connectivity index (χ3n) is 5.95. The van der Waals surface area contributed by atoms with E-state index in [9.17, 15) is 9.59 Å². The number of hydrogen-bond donors (Lipinski definition) is 1. The van der Waals surface area contributed by atoms with E-state index in [1.54, 1.807) is 0 Å². The van der Waals surface area contributed by atoms with Crippen LogP contribution in [0.25, 0.3) is 0 Å². The fourth-order valence-electron chi connectivity index (χ4n) is 3.86. The third-order valence-corrected chi connectivity index (χ3v) is 6.23. The van der Waals surface area contributed by atoms with Crippen molar-refractivity contribution >= 4 is 22.8 Å². The number of carbonyl (C=O) groups is 2. The Labute approximate surface area is 226 Å². The van der Waals surface area contributed by atoms with Crippen LogP contribution in [-0.2, 0) is 23.8 Å². The van der Waals surface area contributed by atoms with E-state index in [0.29, 0.717) is 31.7 Å². The molecule has 0 amide bonds. The highest BCUT2D eigenvalue weighted by atomic mass is 35.5. The van der Waals surface area contributed by atoms with Crippen LogP contribution in [0.5, 0.6) is 0 Å². The molecule has 0 radical (unpaired) electrons. The van der Waals surface area contributed by atoms with Crippen molar-refractivity contribution < 1.29 is 28.9 Å². The van der Waals surface area contributed by atoms with Crippen LogP contribution < -0.4 is 0 Å². The molecule has 37 heavy (non-hydrogen) atoms. The minimum absolute atomic E-state index is 0.0476. The fourth-order valence-corrected chi connectivity index (χ4v) is 4.10. The van der Waals surface area contributed by atoms with Crippen LogP contribution in [0, 0.1) is 11.8 Å². The van der Waals surface area contributed by atoms with Crippen LogP contribution in [0.3, 0.4) is 0 Å². The zero-order valence-corrected chi connectivity index (χ0v) is 23.1. The average molecular weight is 533 g/mol. The van der Waals surface area contributed by atoms with E-state index in [2.05, 4.69) is 12.1 Å². The second kappa shape index (κ2) is 16.6. The Bertz CT molecular complexity index is 918. The largest absolute Gasteiger partial charge is 0.463 e. The number of ether oxygens (including phenoxy) is 3. The van der Waals surface area contributed by atoms with Crippen molar-refractivity contribution in [2.45, 2.75) is 64.6 Å². The van der Waals surface area contributed by atoms with Crippen molar-refractivity contribution in [3.05, 3.63) is 71.8 Å². The van der Waals surface area contributed by atoms with Crippen LogP contribution in [-0.4, -0.2) is 55.0 Å². The first-order valence-electron chi connectivity index (χ1n) is 13.0. The molecule has 2 fully saturated rings. The van der Waals surface area contributed by atoms with Gasteiger partial charge in [0.2, 0.25) is 5.24 Å². The van der Waals surface area contributed by atoms with E-state index in [0.717, 1.165) is 12.8 Å². The van der Waals surface area contributed by atoms with E-state index < -0.39 is 0 Å². The molecule has 0 aromatic heterocycles. The molecule has 0 aliphatic heterocycles. The van der Waals surface area contributed by atoms with Gasteiger partial charge >= 0.3 is 5.97 Å². The third kappa shape index (κ3) is 12.2. The minimum Gasteiger partial charge on any atom is -0.463 e. The van der Waals surface area contributed by atoms with Gasteiger partial charge in [-0.25, -0.2) is 0 Å². The molecule has 6 nitrogen and oxygen atoms in total. The topological polar surface area (TPSA) is 82.1 Å². The first kappa shape index (κ1) is 31.0. The van der Waals surface area contributed by atoms with Crippen molar-refractivity contribution in [3.8, 4) is 0 Å². The Hall–Kier alpha value is -2.25. The van der Waals surface area contributed by atoms with E-state index in [1.807, 2.05) is 76.2 Å².